The molecule has 3 heteroatoms. The van der Waals surface area contributed by atoms with Gasteiger partial charge in [0.15, 0.2) is 0 Å². The molecule has 1 N–H and O–H groups in total. The highest BCUT2D eigenvalue weighted by Crippen LogP contribution is 2.29. The first-order valence-corrected chi connectivity index (χ1v) is 7.01. The molecule has 0 amide bonds. The van der Waals surface area contributed by atoms with E-state index in [0.717, 1.165) is 11.3 Å². The van der Waals surface area contributed by atoms with Crippen molar-refractivity contribution in [3.8, 4) is 0 Å². The Morgan fingerprint density at radius 3 is 2.42 bits per heavy atom. The summed E-state index contributed by atoms with van der Waals surface area (Å²) < 4.78 is 0. The summed E-state index contributed by atoms with van der Waals surface area (Å²) in [7, 11) is 0. The number of anilines is 1. The van der Waals surface area contributed by atoms with E-state index in [1.54, 1.807) is 6.07 Å². The topological polar surface area (TPSA) is 12.0 Å². The Morgan fingerprint density at radius 1 is 1.00 bits per heavy atom. The fourth-order valence-electron chi connectivity index (χ4n) is 2.06. The number of halogens is 2. The van der Waals surface area contributed by atoms with E-state index in [2.05, 4.69) is 44.3 Å². The molecule has 2 aromatic rings. The van der Waals surface area contributed by atoms with Gasteiger partial charge in [0.25, 0.3) is 0 Å². The standard InChI is InChI=1S/C16H17Cl2N/c1-10-4-5-11(2)16(8-10)19-12(3)14-7-6-13(17)9-15(14)18/h4-9,12,19H,1-3H3. The first kappa shape index (κ1) is 14.2. The first-order valence-electron chi connectivity index (χ1n) is 6.26. The summed E-state index contributed by atoms with van der Waals surface area (Å²) in [5.74, 6) is 0. The van der Waals surface area contributed by atoms with Crippen LogP contribution in [0.5, 0.6) is 0 Å². The molecule has 0 radical (unpaired) electrons. The molecule has 0 aliphatic rings. The molecular weight excluding hydrogens is 277 g/mol. The lowest BCUT2D eigenvalue weighted by Gasteiger charge is -2.19. The van der Waals surface area contributed by atoms with Crippen LogP contribution in [0.15, 0.2) is 36.4 Å². The van der Waals surface area contributed by atoms with Crippen molar-refractivity contribution in [2.45, 2.75) is 26.8 Å². The predicted octanol–water partition coefficient (Wildman–Crippen LogP) is 5.78. The number of benzene rings is 2. The lowest BCUT2D eigenvalue weighted by Crippen LogP contribution is -2.08. The van der Waals surface area contributed by atoms with Crippen LogP contribution in [-0.2, 0) is 0 Å². The number of hydrogen-bond acceptors (Lipinski definition) is 1. The molecule has 0 saturated heterocycles. The maximum absolute atomic E-state index is 6.24. The maximum Gasteiger partial charge on any atom is 0.0500 e. The minimum absolute atomic E-state index is 0.130. The van der Waals surface area contributed by atoms with Gasteiger partial charge in [-0.15, -0.1) is 0 Å². The van der Waals surface area contributed by atoms with E-state index in [4.69, 9.17) is 23.2 Å². The van der Waals surface area contributed by atoms with Gasteiger partial charge >= 0.3 is 0 Å². The van der Waals surface area contributed by atoms with Gasteiger partial charge in [0, 0.05) is 15.7 Å². The van der Waals surface area contributed by atoms with Crippen LogP contribution in [0.4, 0.5) is 5.69 Å². The third-order valence-corrected chi connectivity index (χ3v) is 3.76. The molecule has 0 aliphatic carbocycles. The van der Waals surface area contributed by atoms with Gasteiger partial charge in [-0.2, -0.15) is 0 Å². The highest BCUT2D eigenvalue weighted by Gasteiger charge is 2.11. The molecule has 19 heavy (non-hydrogen) atoms. The summed E-state index contributed by atoms with van der Waals surface area (Å²) in [6, 6.07) is 12.1. The van der Waals surface area contributed by atoms with Crippen LogP contribution in [0.25, 0.3) is 0 Å². The van der Waals surface area contributed by atoms with Crippen LogP contribution in [0.3, 0.4) is 0 Å². The SMILES string of the molecule is Cc1ccc(C)c(NC(C)c2ccc(Cl)cc2Cl)c1. The van der Waals surface area contributed by atoms with Gasteiger partial charge in [-0.25, -0.2) is 0 Å². The van der Waals surface area contributed by atoms with Crippen LogP contribution in [-0.4, -0.2) is 0 Å². The fraction of sp³-hybridized carbons (Fsp3) is 0.250. The lowest BCUT2D eigenvalue weighted by molar-refractivity contribution is 0.882. The Labute approximate surface area is 124 Å². The second kappa shape index (κ2) is 5.85. The lowest BCUT2D eigenvalue weighted by atomic mass is 10.1. The second-order valence-corrected chi connectivity index (χ2v) is 5.69. The average molecular weight is 294 g/mol. The molecule has 0 fully saturated rings. The average Bonchev–Trinajstić information content (AvgIpc) is 2.33. The normalized spacial score (nSPS) is 12.3. The molecule has 1 atom stereocenters. The quantitative estimate of drug-likeness (QED) is 0.756. The molecular formula is C16H17Cl2N. The van der Waals surface area contributed by atoms with E-state index in [1.807, 2.05) is 12.1 Å². The van der Waals surface area contributed by atoms with Gasteiger partial charge in [0.1, 0.15) is 0 Å². The fourth-order valence-corrected chi connectivity index (χ4v) is 2.63. The number of aryl methyl sites for hydroxylation is 2. The summed E-state index contributed by atoms with van der Waals surface area (Å²) in [5.41, 5.74) is 4.65. The Kier molecular flexibility index (Phi) is 4.38. The third kappa shape index (κ3) is 3.43. The monoisotopic (exact) mass is 293 g/mol. The zero-order valence-corrected chi connectivity index (χ0v) is 12.8. The Hall–Kier alpha value is -1.18. The zero-order chi connectivity index (χ0) is 14.0. The van der Waals surface area contributed by atoms with Crippen LogP contribution >= 0.6 is 23.2 Å². The van der Waals surface area contributed by atoms with Gasteiger partial charge in [-0.3, -0.25) is 0 Å². The van der Waals surface area contributed by atoms with Crippen molar-refractivity contribution in [1.82, 2.24) is 0 Å². The Balaban J connectivity index is 2.25. The summed E-state index contributed by atoms with van der Waals surface area (Å²) in [5, 5.41) is 4.85. The number of hydrogen-bond donors (Lipinski definition) is 1. The minimum atomic E-state index is 0.130. The van der Waals surface area contributed by atoms with Crippen molar-refractivity contribution in [3.63, 3.8) is 0 Å². The highest BCUT2D eigenvalue weighted by molar-refractivity contribution is 6.35. The Morgan fingerprint density at radius 2 is 1.74 bits per heavy atom. The van der Waals surface area contributed by atoms with Crippen molar-refractivity contribution in [3.05, 3.63) is 63.1 Å². The van der Waals surface area contributed by atoms with Gasteiger partial charge in [-0.1, -0.05) is 41.4 Å². The van der Waals surface area contributed by atoms with Crippen molar-refractivity contribution in [2.75, 3.05) is 5.32 Å². The molecule has 2 aromatic carbocycles. The highest BCUT2D eigenvalue weighted by atomic mass is 35.5. The number of rotatable bonds is 3. The molecule has 0 heterocycles. The molecule has 0 spiro atoms. The smallest absolute Gasteiger partial charge is 0.0500 e. The van der Waals surface area contributed by atoms with Crippen LogP contribution < -0.4 is 5.32 Å². The van der Waals surface area contributed by atoms with Gasteiger partial charge in [0.2, 0.25) is 0 Å². The molecule has 2 rings (SSSR count). The van der Waals surface area contributed by atoms with E-state index in [-0.39, 0.29) is 6.04 Å². The predicted molar refractivity (Wildman–Crippen MR) is 84.4 cm³/mol. The zero-order valence-electron chi connectivity index (χ0n) is 11.3. The molecule has 0 aliphatic heterocycles. The molecule has 0 bridgehead atoms. The van der Waals surface area contributed by atoms with Crippen LogP contribution in [0.1, 0.15) is 29.7 Å². The summed E-state index contributed by atoms with van der Waals surface area (Å²) in [4.78, 5) is 0. The molecule has 100 valence electrons. The number of nitrogens with one attached hydrogen (secondary N) is 1. The van der Waals surface area contributed by atoms with E-state index in [1.165, 1.54) is 11.1 Å². The van der Waals surface area contributed by atoms with Crippen molar-refractivity contribution in [2.24, 2.45) is 0 Å². The largest absolute Gasteiger partial charge is 0.378 e. The third-order valence-electron chi connectivity index (χ3n) is 3.19. The van der Waals surface area contributed by atoms with Crippen LogP contribution in [0.2, 0.25) is 10.0 Å². The van der Waals surface area contributed by atoms with Gasteiger partial charge in [0.05, 0.1) is 6.04 Å². The second-order valence-electron chi connectivity index (χ2n) is 4.85. The van der Waals surface area contributed by atoms with E-state index in [0.29, 0.717) is 10.0 Å². The van der Waals surface area contributed by atoms with Crippen molar-refractivity contribution < 1.29 is 0 Å². The minimum Gasteiger partial charge on any atom is -0.378 e. The van der Waals surface area contributed by atoms with Gasteiger partial charge < -0.3 is 5.32 Å². The van der Waals surface area contributed by atoms with Crippen LogP contribution in [0, 0.1) is 13.8 Å². The first-order chi connectivity index (χ1) is 8.97. The van der Waals surface area contributed by atoms with Crippen molar-refractivity contribution in [1.29, 1.82) is 0 Å². The molecule has 1 nitrogen and oxygen atoms in total. The Bertz CT molecular complexity index is 593. The van der Waals surface area contributed by atoms with E-state index in [9.17, 15) is 0 Å². The summed E-state index contributed by atoms with van der Waals surface area (Å²) >= 11 is 12.2. The van der Waals surface area contributed by atoms with E-state index >= 15 is 0 Å². The molecule has 0 saturated carbocycles. The summed E-state index contributed by atoms with van der Waals surface area (Å²) in [6.45, 7) is 6.28. The maximum atomic E-state index is 6.24. The molecule has 1 unspecified atom stereocenters. The van der Waals surface area contributed by atoms with Gasteiger partial charge in [-0.05, 0) is 55.7 Å². The van der Waals surface area contributed by atoms with E-state index < -0.39 is 0 Å². The summed E-state index contributed by atoms with van der Waals surface area (Å²) in [6.07, 6.45) is 0. The van der Waals surface area contributed by atoms with Crippen molar-refractivity contribution >= 4 is 28.9 Å². The molecule has 0 aromatic heterocycles.